The van der Waals surface area contributed by atoms with E-state index in [4.69, 9.17) is 0 Å². The molecule has 10 heteroatoms. The Morgan fingerprint density at radius 3 is 2.61 bits per heavy atom. The monoisotopic (exact) mass is 442 g/mol. The van der Waals surface area contributed by atoms with Crippen LogP contribution in [0.2, 0.25) is 0 Å². The number of benzene rings is 2. The van der Waals surface area contributed by atoms with Crippen molar-refractivity contribution in [1.82, 2.24) is 13.9 Å². The van der Waals surface area contributed by atoms with Crippen LogP contribution in [0.5, 0.6) is 0 Å². The fraction of sp³-hybridized carbons (Fsp3) is 0.286. The second kappa shape index (κ2) is 7.78. The molecular weight excluding hydrogens is 420 g/mol. The van der Waals surface area contributed by atoms with E-state index in [0.29, 0.717) is 29.6 Å². The molecule has 2 heterocycles. The molecule has 1 amide bonds. The maximum atomic E-state index is 13.0. The molecule has 1 aliphatic heterocycles. The van der Waals surface area contributed by atoms with Gasteiger partial charge in [0.1, 0.15) is 0 Å². The molecule has 31 heavy (non-hydrogen) atoms. The van der Waals surface area contributed by atoms with Crippen LogP contribution >= 0.6 is 0 Å². The second-order valence-electron chi connectivity index (χ2n) is 7.55. The lowest BCUT2D eigenvalue weighted by molar-refractivity contribution is -0.118. The number of hydrogen-bond donors (Lipinski definition) is 1. The molecule has 4 rings (SSSR count). The van der Waals surface area contributed by atoms with Crippen molar-refractivity contribution in [3.05, 3.63) is 68.9 Å². The van der Waals surface area contributed by atoms with Crippen molar-refractivity contribution in [3.63, 3.8) is 0 Å². The van der Waals surface area contributed by atoms with Gasteiger partial charge >= 0.3 is 5.69 Å². The zero-order valence-electron chi connectivity index (χ0n) is 17.2. The van der Waals surface area contributed by atoms with Crippen LogP contribution in [0.15, 0.2) is 56.9 Å². The number of anilines is 1. The van der Waals surface area contributed by atoms with E-state index < -0.39 is 21.3 Å². The third kappa shape index (κ3) is 3.68. The number of carbonyl (C=O) groups is 1. The van der Waals surface area contributed by atoms with E-state index in [0.717, 1.165) is 9.87 Å². The summed E-state index contributed by atoms with van der Waals surface area (Å²) in [6, 6.07) is 11.5. The number of H-pyrrole nitrogens is 1. The van der Waals surface area contributed by atoms with Crippen molar-refractivity contribution in [2.24, 2.45) is 0 Å². The number of para-hydroxylation sites is 1. The molecule has 1 aromatic heterocycles. The van der Waals surface area contributed by atoms with Gasteiger partial charge < -0.3 is 4.90 Å². The van der Waals surface area contributed by atoms with Crippen LogP contribution in [0.4, 0.5) is 5.69 Å². The van der Waals surface area contributed by atoms with Gasteiger partial charge in [-0.2, -0.15) is 0 Å². The van der Waals surface area contributed by atoms with Gasteiger partial charge in [-0.25, -0.2) is 17.5 Å². The predicted octanol–water partition coefficient (Wildman–Crippen LogP) is 0.920. The molecule has 9 nitrogen and oxygen atoms in total. The van der Waals surface area contributed by atoms with Crippen molar-refractivity contribution < 1.29 is 13.2 Å². The number of aromatic nitrogens is 2. The van der Waals surface area contributed by atoms with E-state index >= 15 is 0 Å². The van der Waals surface area contributed by atoms with Crippen molar-refractivity contribution >= 4 is 32.5 Å². The molecular formula is C21H22N4O5S. The first-order valence-corrected chi connectivity index (χ1v) is 11.2. The molecule has 0 radical (unpaired) electrons. The Labute approximate surface area is 178 Å². The number of fused-ring (bicyclic) bond motifs is 2. The van der Waals surface area contributed by atoms with Gasteiger partial charge in [0.15, 0.2) is 0 Å². The third-order valence-electron chi connectivity index (χ3n) is 5.49. The predicted molar refractivity (Wildman–Crippen MR) is 117 cm³/mol. The SMILES string of the molecule is CN(C)S(=O)(=O)c1ccc2c(c1)N(C(=O)CCn1c(=O)[nH]c(=O)c3ccccc31)CC2. The van der Waals surface area contributed by atoms with Gasteiger partial charge in [0.2, 0.25) is 15.9 Å². The number of carbonyl (C=O) groups excluding carboxylic acids is 1. The van der Waals surface area contributed by atoms with Crippen LogP contribution in [0.3, 0.4) is 0 Å². The minimum absolute atomic E-state index is 0.0278. The van der Waals surface area contributed by atoms with Crippen LogP contribution in [0.25, 0.3) is 10.9 Å². The molecule has 0 spiro atoms. The maximum Gasteiger partial charge on any atom is 0.328 e. The molecule has 3 aromatic rings. The average molecular weight is 442 g/mol. The Balaban J connectivity index is 1.61. The van der Waals surface area contributed by atoms with E-state index in [1.807, 2.05) is 0 Å². The summed E-state index contributed by atoms with van der Waals surface area (Å²) >= 11 is 0. The normalized spacial score (nSPS) is 13.7. The van der Waals surface area contributed by atoms with Gasteiger partial charge in [0.25, 0.3) is 5.56 Å². The Kier molecular flexibility index (Phi) is 5.28. The lowest BCUT2D eigenvalue weighted by Crippen LogP contribution is -2.34. The molecule has 1 N–H and O–H groups in total. The average Bonchev–Trinajstić information content (AvgIpc) is 3.16. The smallest absolute Gasteiger partial charge is 0.312 e. The highest BCUT2D eigenvalue weighted by molar-refractivity contribution is 7.89. The summed E-state index contributed by atoms with van der Waals surface area (Å²) in [5, 5.41) is 0.375. The maximum absolute atomic E-state index is 13.0. The standard InChI is InChI=1S/C21H22N4O5S/c1-23(2)31(29,30)15-8-7-14-9-11-24(18(14)13-15)19(26)10-12-25-17-6-4-3-5-16(17)20(27)22-21(25)28/h3-8,13H,9-12H2,1-2H3,(H,22,27,28). The van der Waals surface area contributed by atoms with E-state index in [1.165, 1.54) is 24.7 Å². The summed E-state index contributed by atoms with van der Waals surface area (Å²) < 4.78 is 27.4. The molecule has 0 saturated heterocycles. The van der Waals surface area contributed by atoms with Gasteiger partial charge in [-0.15, -0.1) is 0 Å². The summed E-state index contributed by atoms with van der Waals surface area (Å²) in [6.45, 7) is 0.539. The van der Waals surface area contributed by atoms with E-state index in [2.05, 4.69) is 4.98 Å². The summed E-state index contributed by atoms with van der Waals surface area (Å²) in [6.07, 6.45) is 0.658. The Hall–Kier alpha value is -3.24. The Morgan fingerprint density at radius 2 is 1.87 bits per heavy atom. The first kappa shape index (κ1) is 21.0. The Bertz CT molecular complexity index is 1410. The number of aryl methyl sites for hydroxylation is 1. The molecule has 0 unspecified atom stereocenters. The molecule has 0 bridgehead atoms. The van der Waals surface area contributed by atoms with E-state index in [1.54, 1.807) is 41.3 Å². The number of aromatic amines is 1. The van der Waals surface area contributed by atoms with Crippen molar-refractivity contribution in [3.8, 4) is 0 Å². The lowest BCUT2D eigenvalue weighted by atomic mass is 10.2. The van der Waals surface area contributed by atoms with Gasteiger partial charge in [-0.1, -0.05) is 18.2 Å². The zero-order valence-corrected chi connectivity index (χ0v) is 18.0. The van der Waals surface area contributed by atoms with Gasteiger partial charge in [0.05, 0.1) is 15.8 Å². The van der Waals surface area contributed by atoms with Gasteiger partial charge in [-0.05, 0) is 36.2 Å². The summed E-state index contributed by atoms with van der Waals surface area (Å²) in [4.78, 5) is 41.2. The van der Waals surface area contributed by atoms with Gasteiger partial charge in [-0.3, -0.25) is 19.1 Å². The van der Waals surface area contributed by atoms with Crippen molar-refractivity contribution in [1.29, 1.82) is 0 Å². The largest absolute Gasteiger partial charge is 0.328 e. The minimum atomic E-state index is -3.62. The van der Waals surface area contributed by atoms with E-state index in [9.17, 15) is 22.8 Å². The fourth-order valence-corrected chi connectivity index (χ4v) is 4.72. The zero-order chi connectivity index (χ0) is 22.3. The van der Waals surface area contributed by atoms with Crippen LogP contribution in [0, 0.1) is 0 Å². The molecule has 0 saturated carbocycles. The van der Waals surface area contributed by atoms with Gasteiger partial charge in [0, 0.05) is 39.3 Å². The van der Waals surface area contributed by atoms with Crippen molar-refractivity contribution in [2.45, 2.75) is 24.3 Å². The summed E-state index contributed by atoms with van der Waals surface area (Å²) in [7, 11) is -0.709. The molecule has 2 aromatic carbocycles. The van der Waals surface area contributed by atoms with Crippen LogP contribution < -0.4 is 16.1 Å². The molecule has 0 atom stereocenters. The number of amides is 1. The Morgan fingerprint density at radius 1 is 1.13 bits per heavy atom. The molecule has 162 valence electrons. The lowest BCUT2D eigenvalue weighted by Gasteiger charge is -2.19. The first-order valence-electron chi connectivity index (χ1n) is 9.78. The molecule has 0 aliphatic carbocycles. The topological polar surface area (TPSA) is 113 Å². The number of nitrogens with one attached hydrogen (secondary N) is 1. The highest BCUT2D eigenvalue weighted by Crippen LogP contribution is 2.31. The molecule has 0 fully saturated rings. The van der Waals surface area contributed by atoms with Crippen molar-refractivity contribution in [2.75, 3.05) is 25.5 Å². The third-order valence-corrected chi connectivity index (χ3v) is 7.30. The number of rotatable bonds is 5. The molecule has 1 aliphatic rings. The number of sulfonamides is 1. The summed E-state index contributed by atoms with van der Waals surface area (Å²) in [5.41, 5.74) is 0.901. The first-order chi connectivity index (χ1) is 14.7. The van der Waals surface area contributed by atoms with Crippen LogP contribution in [0.1, 0.15) is 12.0 Å². The quantitative estimate of drug-likeness (QED) is 0.631. The van der Waals surface area contributed by atoms with Crippen LogP contribution in [-0.2, 0) is 27.8 Å². The highest BCUT2D eigenvalue weighted by Gasteiger charge is 2.27. The van der Waals surface area contributed by atoms with Crippen LogP contribution in [-0.4, -0.2) is 48.8 Å². The van der Waals surface area contributed by atoms with E-state index in [-0.39, 0.29) is 23.8 Å². The minimum Gasteiger partial charge on any atom is -0.312 e. The summed E-state index contributed by atoms with van der Waals surface area (Å²) in [5.74, 6) is -0.222. The fourth-order valence-electron chi connectivity index (χ4n) is 3.80. The number of hydrogen-bond acceptors (Lipinski definition) is 5. The second-order valence-corrected chi connectivity index (χ2v) is 9.70. The highest BCUT2D eigenvalue weighted by atomic mass is 32.2. The number of nitrogens with zero attached hydrogens (tertiary/aromatic N) is 3.